The standard InChI is InChI=1S/C28H26N2O3S2/c1-15-13-16(2)22-20(14-15)35-27(29-22)30-23(17-8-10-18(11-9-17)28(3,4)5)21(25(32)26(30)33)24(31)19-7-6-12-34-19/h6-14,23,32H,1-5H3. The number of amides is 1. The van der Waals surface area contributed by atoms with E-state index in [0.717, 1.165) is 32.5 Å². The summed E-state index contributed by atoms with van der Waals surface area (Å²) in [6.45, 7) is 10.4. The van der Waals surface area contributed by atoms with E-state index in [2.05, 4.69) is 26.8 Å². The number of aromatic nitrogens is 1. The number of ketones is 1. The summed E-state index contributed by atoms with van der Waals surface area (Å²) in [5, 5.41) is 13.3. The number of thiophene rings is 1. The zero-order valence-corrected chi connectivity index (χ0v) is 21.9. The minimum Gasteiger partial charge on any atom is -0.503 e. The number of benzene rings is 2. The minimum atomic E-state index is -0.770. The summed E-state index contributed by atoms with van der Waals surface area (Å²) in [4.78, 5) is 33.7. The molecule has 1 unspecified atom stereocenters. The molecule has 1 aliphatic heterocycles. The molecule has 5 rings (SSSR count). The van der Waals surface area contributed by atoms with Gasteiger partial charge in [0.1, 0.15) is 0 Å². The number of Topliss-reactive ketones (excluding diaryl/α,β-unsaturated/α-hetero) is 1. The molecule has 7 heteroatoms. The lowest BCUT2D eigenvalue weighted by molar-refractivity contribution is -0.117. The van der Waals surface area contributed by atoms with Crippen LogP contribution in [0.3, 0.4) is 0 Å². The molecule has 0 aliphatic carbocycles. The first-order valence-electron chi connectivity index (χ1n) is 11.4. The second-order valence-electron chi connectivity index (χ2n) is 9.94. The van der Waals surface area contributed by atoms with Crippen LogP contribution in [-0.2, 0) is 10.2 Å². The number of hydrogen-bond donors (Lipinski definition) is 1. The van der Waals surface area contributed by atoms with Crippen LogP contribution < -0.4 is 4.90 Å². The highest BCUT2D eigenvalue weighted by molar-refractivity contribution is 7.22. The van der Waals surface area contributed by atoms with Gasteiger partial charge in [0.25, 0.3) is 5.91 Å². The first-order valence-corrected chi connectivity index (χ1v) is 13.1. The Morgan fingerprint density at radius 1 is 1.09 bits per heavy atom. The van der Waals surface area contributed by atoms with Crippen molar-refractivity contribution < 1.29 is 14.7 Å². The normalized spacial score (nSPS) is 16.5. The number of carbonyl (C=O) groups excluding carboxylic acids is 2. The zero-order chi connectivity index (χ0) is 25.1. The van der Waals surface area contributed by atoms with Gasteiger partial charge in [-0.15, -0.1) is 11.3 Å². The van der Waals surface area contributed by atoms with Gasteiger partial charge in [-0.1, -0.05) is 68.5 Å². The molecule has 0 radical (unpaired) electrons. The molecule has 1 atom stereocenters. The number of aryl methyl sites for hydroxylation is 2. The zero-order valence-electron chi connectivity index (χ0n) is 20.2. The van der Waals surface area contributed by atoms with Crippen molar-refractivity contribution in [1.29, 1.82) is 0 Å². The van der Waals surface area contributed by atoms with Crippen LogP contribution in [0, 0.1) is 13.8 Å². The number of nitrogens with zero attached hydrogens (tertiary/aromatic N) is 2. The molecular formula is C28H26N2O3S2. The summed E-state index contributed by atoms with van der Waals surface area (Å²) < 4.78 is 0.963. The van der Waals surface area contributed by atoms with Crippen LogP contribution in [-0.4, -0.2) is 21.8 Å². The number of thiazole rings is 1. The lowest BCUT2D eigenvalue weighted by atomic mass is 9.85. The molecule has 1 amide bonds. The van der Waals surface area contributed by atoms with E-state index in [4.69, 9.17) is 4.98 Å². The van der Waals surface area contributed by atoms with E-state index in [0.29, 0.717) is 10.0 Å². The molecule has 1 N–H and O–H groups in total. The van der Waals surface area contributed by atoms with E-state index < -0.39 is 17.7 Å². The van der Waals surface area contributed by atoms with Gasteiger partial charge in [-0.25, -0.2) is 4.98 Å². The molecule has 178 valence electrons. The third kappa shape index (κ3) is 3.98. The summed E-state index contributed by atoms with van der Waals surface area (Å²) in [5.74, 6) is -1.46. The quantitative estimate of drug-likeness (QED) is 0.303. The van der Waals surface area contributed by atoms with Crippen LogP contribution in [0.15, 0.2) is 65.2 Å². The maximum absolute atomic E-state index is 13.5. The number of hydrogen-bond acceptors (Lipinski definition) is 6. The van der Waals surface area contributed by atoms with Gasteiger partial charge in [0, 0.05) is 0 Å². The smallest absolute Gasteiger partial charge is 0.296 e. The fourth-order valence-corrected chi connectivity index (χ4v) is 6.36. The maximum Gasteiger partial charge on any atom is 0.296 e. The summed E-state index contributed by atoms with van der Waals surface area (Å²) >= 11 is 2.68. The van der Waals surface area contributed by atoms with Crippen LogP contribution in [0.5, 0.6) is 0 Å². The summed E-state index contributed by atoms with van der Waals surface area (Å²) in [5.41, 5.74) is 4.90. The van der Waals surface area contributed by atoms with E-state index in [-0.39, 0.29) is 16.8 Å². The van der Waals surface area contributed by atoms with Gasteiger partial charge in [0.2, 0.25) is 5.78 Å². The van der Waals surface area contributed by atoms with E-state index in [1.54, 1.807) is 12.1 Å². The molecule has 2 aromatic carbocycles. The molecule has 1 aliphatic rings. The molecule has 5 nitrogen and oxygen atoms in total. The Morgan fingerprint density at radius 3 is 2.43 bits per heavy atom. The van der Waals surface area contributed by atoms with Gasteiger partial charge in [-0.05, 0) is 59.0 Å². The maximum atomic E-state index is 13.5. The van der Waals surface area contributed by atoms with E-state index in [1.165, 1.54) is 27.6 Å². The molecule has 0 saturated heterocycles. The summed E-state index contributed by atoms with van der Waals surface area (Å²) in [7, 11) is 0. The van der Waals surface area contributed by atoms with Crippen LogP contribution in [0.2, 0.25) is 0 Å². The number of carbonyl (C=O) groups is 2. The van der Waals surface area contributed by atoms with Gasteiger partial charge < -0.3 is 5.11 Å². The van der Waals surface area contributed by atoms with Crippen molar-refractivity contribution in [3.8, 4) is 0 Å². The Hall–Kier alpha value is -3.29. The topological polar surface area (TPSA) is 70.5 Å². The fourth-order valence-electron chi connectivity index (χ4n) is 4.52. The average Bonchev–Trinajstić information content (AvgIpc) is 3.52. The predicted molar refractivity (Wildman–Crippen MR) is 143 cm³/mol. The molecule has 0 fully saturated rings. The van der Waals surface area contributed by atoms with Gasteiger partial charge in [-0.3, -0.25) is 14.5 Å². The lowest BCUT2D eigenvalue weighted by Gasteiger charge is -2.25. The molecule has 2 aromatic heterocycles. The van der Waals surface area contributed by atoms with Crippen molar-refractivity contribution in [2.24, 2.45) is 0 Å². The van der Waals surface area contributed by atoms with Gasteiger partial charge >= 0.3 is 0 Å². The molecule has 0 bridgehead atoms. The fraction of sp³-hybridized carbons (Fsp3) is 0.250. The van der Waals surface area contributed by atoms with Crippen LogP contribution in [0.1, 0.15) is 58.7 Å². The third-order valence-electron chi connectivity index (χ3n) is 6.31. The Morgan fingerprint density at radius 2 is 1.80 bits per heavy atom. The van der Waals surface area contributed by atoms with Crippen molar-refractivity contribution in [3.05, 3.63) is 92.4 Å². The number of anilines is 1. The Balaban J connectivity index is 1.68. The number of fused-ring (bicyclic) bond motifs is 1. The Labute approximate surface area is 212 Å². The van der Waals surface area contributed by atoms with E-state index in [1.807, 2.05) is 49.6 Å². The molecule has 35 heavy (non-hydrogen) atoms. The van der Waals surface area contributed by atoms with Gasteiger partial charge in [0.05, 0.1) is 26.7 Å². The van der Waals surface area contributed by atoms with Gasteiger partial charge in [0.15, 0.2) is 10.9 Å². The Kier molecular flexibility index (Phi) is 5.65. The second kappa shape index (κ2) is 8.43. The highest BCUT2D eigenvalue weighted by Gasteiger charge is 2.46. The molecule has 3 heterocycles. The van der Waals surface area contributed by atoms with Crippen molar-refractivity contribution in [2.45, 2.75) is 46.1 Å². The first-order chi connectivity index (χ1) is 16.6. The largest absolute Gasteiger partial charge is 0.503 e. The minimum absolute atomic E-state index is 0.0419. The summed E-state index contributed by atoms with van der Waals surface area (Å²) in [6, 6.07) is 14.7. The predicted octanol–water partition coefficient (Wildman–Crippen LogP) is 7.06. The molecule has 0 saturated carbocycles. The number of aliphatic hydroxyl groups is 1. The molecule has 4 aromatic rings. The number of rotatable bonds is 4. The molecular weight excluding hydrogens is 476 g/mol. The van der Waals surface area contributed by atoms with Crippen LogP contribution in [0.25, 0.3) is 10.2 Å². The second-order valence-corrected chi connectivity index (χ2v) is 11.9. The highest BCUT2D eigenvalue weighted by Crippen LogP contribution is 2.45. The van der Waals surface area contributed by atoms with E-state index >= 15 is 0 Å². The van der Waals surface area contributed by atoms with Crippen molar-refractivity contribution in [2.75, 3.05) is 4.90 Å². The van der Waals surface area contributed by atoms with Gasteiger partial charge in [-0.2, -0.15) is 0 Å². The number of aliphatic hydroxyl groups excluding tert-OH is 1. The van der Waals surface area contributed by atoms with Crippen LogP contribution in [0.4, 0.5) is 5.13 Å². The van der Waals surface area contributed by atoms with Crippen molar-refractivity contribution >= 4 is 49.7 Å². The average molecular weight is 503 g/mol. The SMILES string of the molecule is Cc1cc(C)c2nc(N3C(=O)C(O)=C(C(=O)c4cccs4)C3c3ccc(C(C)(C)C)cc3)sc2c1. The lowest BCUT2D eigenvalue weighted by Crippen LogP contribution is -2.31. The first kappa shape index (κ1) is 23.5. The van der Waals surface area contributed by atoms with Crippen molar-refractivity contribution in [1.82, 2.24) is 4.98 Å². The highest BCUT2D eigenvalue weighted by atomic mass is 32.1. The Bertz CT molecular complexity index is 1490. The van der Waals surface area contributed by atoms with E-state index in [9.17, 15) is 14.7 Å². The molecule has 0 spiro atoms. The monoisotopic (exact) mass is 502 g/mol. The summed E-state index contributed by atoms with van der Waals surface area (Å²) in [6.07, 6.45) is 0. The van der Waals surface area contributed by atoms with Crippen molar-refractivity contribution in [3.63, 3.8) is 0 Å². The van der Waals surface area contributed by atoms with Crippen LogP contribution >= 0.6 is 22.7 Å². The third-order valence-corrected chi connectivity index (χ3v) is 8.19.